The fraction of sp³-hybridized carbons (Fsp3) is 0.611. The predicted octanol–water partition coefficient (Wildman–Crippen LogP) is 3.58. The molecule has 0 spiro atoms. The Morgan fingerprint density at radius 1 is 1.24 bits per heavy atom. The number of piperidine rings is 1. The van der Waals surface area contributed by atoms with Crippen LogP contribution < -0.4 is 0 Å². The average molecular weight is 289 g/mol. The van der Waals surface area contributed by atoms with E-state index < -0.39 is 11.4 Å². The smallest absolute Gasteiger partial charge is 0.309 e. The van der Waals surface area contributed by atoms with Gasteiger partial charge in [0.15, 0.2) is 0 Å². The summed E-state index contributed by atoms with van der Waals surface area (Å²) in [5, 5.41) is 9.49. The molecule has 0 radical (unpaired) electrons. The molecule has 2 rings (SSSR count). The van der Waals surface area contributed by atoms with E-state index in [2.05, 4.69) is 36.1 Å². The number of benzene rings is 1. The highest BCUT2D eigenvalue weighted by atomic mass is 16.4. The zero-order valence-corrected chi connectivity index (χ0v) is 13.2. The number of carboxylic acids is 1. The molecule has 0 amide bonds. The summed E-state index contributed by atoms with van der Waals surface area (Å²) >= 11 is 0. The topological polar surface area (TPSA) is 40.5 Å². The maximum atomic E-state index is 11.5. The van der Waals surface area contributed by atoms with Crippen molar-refractivity contribution in [2.75, 3.05) is 13.1 Å². The highest BCUT2D eigenvalue weighted by molar-refractivity contribution is 5.74. The molecule has 1 N–H and O–H groups in total. The lowest BCUT2D eigenvalue weighted by atomic mass is 9.76. The van der Waals surface area contributed by atoms with E-state index in [0.29, 0.717) is 6.04 Å². The molecule has 1 aromatic rings. The lowest BCUT2D eigenvalue weighted by Crippen LogP contribution is -2.48. The number of carbonyl (C=O) groups is 1. The third-order valence-corrected chi connectivity index (χ3v) is 5.19. The van der Waals surface area contributed by atoms with E-state index in [1.807, 2.05) is 13.0 Å². The standard InChI is InChI=1S/C18H27NO2/c1-3-16(14-15-8-6-5-7-9-15)19-12-10-18(4-2,11-13-19)17(20)21/h5-9,16H,3-4,10-14H2,1-2H3,(H,20,21). The quantitative estimate of drug-likeness (QED) is 0.870. The Morgan fingerprint density at radius 3 is 2.33 bits per heavy atom. The zero-order chi connectivity index (χ0) is 15.3. The minimum absolute atomic E-state index is 0.485. The van der Waals surface area contributed by atoms with Gasteiger partial charge < -0.3 is 5.11 Å². The van der Waals surface area contributed by atoms with E-state index in [0.717, 1.165) is 45.2 Å². The van der Waals surface area contributed by atoms with E-state index in [-0.39, 0.29) is 0 Å². The van der Waals surface area contributed by atoms with Crippen LogP contribution in [0.3, 0.4) is 0 Å². The normalized spacial score (nSPS) is 20.1. The monoisotopic (exact) mass is 289 g/mol. The number of aliphatic carboxylic acids is 1. The van der Waals surface area contributed by atoms with E-state index in [1.54, 1.807) is 0 Å². The first-order valence-corrected chi connectivity index (χ1v) is 8.12. The van der Waals surface area contributed by atoms with Crippen LogP contribution in [0.2, 0.25) is 0 Å². The van der Waals surface area contributed by atoms with Crippen molar-refractivity contribution in [2.45, 2.75) is 52.0 Å². The van der Waals surface area contributed by atoms with E-state index in [1.165, 1.54) is 5.56 Å². The number of hydrogen-bond donors (Lipinski definition) is 1. The summed E-state index contributed by atoms with van der Waals surface area (Å²) in [6.07, 6.45) is 4.48. The van der Waals surface area contributed by atoms with Crippen molar-refractivity contribution in [1.29, 1.82) is 0 Å². The van der Waals surface area contributed by atoms with Gasteiger partial charge in [0.2, 0.25) is 0 Å². The fourth-order valence-electron chi connectivity index (χ4n) is 3.45. The Bertz CT molecular complexity index is 450. The maximum Gasteiger partial charge on any atom is 0.309 e. The van der Waals surface area contributed by atoms with Crippen LogP contribution in [0.15, 0.2) is 30.3 Å². The zero-order valence-electron chi connectivity index (χ0n) is 13.2. The molecule has 1 aromatic carbocycles. The summed E-state index contributed by atoms with van der Waals surface area (Å²) < 4.78 is 0. The van der Waals surface area contributed by atoms with E-state index in [4.69, 9.17) is 0 Å². The molecule has 0 saturated carbocycles. The Balaban J connectivity index is 1.98. The van der Waals surface area contributed by atoms with Crippen LogP contribution in [0.1, 0.15) is 45.1 Å². The maximum absolute atomic E-state index is 11.5. The summed E-state index contributed by atoms with van der Waals surface area (Å²) in [5.41, 5.74) is 0.886. The summed E-state index contributed by atoms with van der Waals surface area (Å²) in [5.74, 6) is -0.610. The second-order valence-corrected chi connectivity index (χ2v) is 6.23. The molecule has 1 atom stereocenters. The first kappa shape index (κ1) is 16.0. The SMILES string of the molecule is CCC(Cc1ccccc1)N1CCC(CC)(C(=O)O)CC1. The van der Waals surface area contributed by atoms with Crippen molar-refractivity contribution in [1.82, 2.24) is 4.90 Å². The largest absolute Gasteiger partial charge is 0.481 e. The Labute approximate surface area is 128 Å². The number of nitrogens with zero attached hydrogens (tertiary/aromatic N) is 1. The Hall–Kier alpha value is -1.35. The van der Waals surface area contributed by atoms with Gasteiger partial charge in [0, 0.05) is 6.04 Å². The molecule has 1 unspecified atom stereocenters. The summed E-state index contributed by atoms with van der Waals surface area (Å²) in [6, 6.07) is 11.1. The Kier molecular flexibility index (Phi) is 5.40. The third kappa shape index (κ3) is 3.65. The molecule has 1 fully saturated rings. The highest BCUT2D eigenvalue weighted by Crippen LogP contribution is 2.36. The third-order valence-electron chi connectivity index (χ3n) is 5.19. The van der Waals surface area contributed by atoms with Crippen molar-refractivity contribution in [3.8, 4) is 0 Å². The van der Waals surface area contributed by atoms with Gasteiger partial charge in [-0.3, -0.25) is 9.69 Å². The highest BCUT2D eigenvalue weighted by Gasteiger charge is 2.40. The van der Waals surface area contributed by atoms with Crippen molar-refractivity contribution in [3.63, 3.8) is 0 Å². The predicted molar refractivity (Wildman–Crippen MR) is 85.4 cm³/mol. The summed E-state index contributed by atoms with van der Waals surface area (Å²) in [7, 11) is 0. The van der Waals surface area contributed by atoms with Crippen LogP contribution in [0, 0.1) is 5.41 Å². The lowest BCUT2D eigenvalue weighted by molar-refractivity contribution is -0.152. The van der Waals surface area contributed by atoms with Crippen molar-refractivity contribution >= 4 is 5.97 Å². The van der Waals surface area contributed by atoms with Crippen molar-refractivity contribution < 1.29 is 9.90 Å². The van der Waals surface area contributed by atoms with Crippen LogP contribution in [-0.4, -0.2) is 35.1 Å². The lowest BCUT2D eigenvalue weighted by Gasteiger charge is -2.41. The van der Waals surface area contributed by atoms with Gasteiger partial charge in [0.25, 0.3) is 0 Å². The van der Waals surface area contributed by atoms with Gasteiger partial charge in [0.1, 0.15) is 0 Å². The van der Waals surface area contributed by atoms with Crippen LogP contribution in [-0.2, 0) is 11.2 Å². The van der Waals surface area contributed by atoms with Gasteiger partial charge in [-0.15, -0.1) is 0 Å². The van der Waals surface area contributed by atoms with Crippen LogP contribution in [0.25, 0.3) is 0 Å². The fourth-order valence-corrected chi connectivity index (χ4v) is 3.45. The summed E-state index contributed by atoms with van der Waals surface area (Å²) in [4.78, 5) is 14.0. The molecule has 116 valence electrons. The molecule has 21 heavy (non-hydrogen) atoms. The first-order valence-electron chi connectivity index (χ1n) is 8.12. The molecule has 0 aromatic heterocycles. The molecule has 1 aliphatic heterocycles. The van der Waals surface area contributed by atoms with Gasteiger partial charge in [0.05, 0.1) is 5.41 Å². The van der Waals surface area contributed by atoms with Gasteiger partial charge in [-0.2, -0.15) is 0 Å². The minimum atomic E-state index is -0.610. The molecular weight excluding hydrogens is 262 g/mol. The van der Waals surface area contributed by atoms with Crippen LogP contribution >= 0.6 is 0 Å². The molecule has 0 bridgehead atoms. The number of carboxylic acid groups (broad SMARTS) is 1. The van der Waals surface area contributed by atoms with Gasteiger partial charge in [-0.1, -0.05) is 44.2 Å². The first-order chi connectivity index (χ1) is 10.1. The van der Waals surface area contributed by atoms with Gasteiger partial charge in [-0.25, -0.2) is 0 Å². The molecule has 1 saturated heterocycles. The molecule has 1 heterocycles. The molecule has 3 nitrogen and oxygen atoms in total. The second-order valence-electron chi connectivity index (χ2n) is 6.23. The van der Waals surface area contributed by atoms with E-state index >= 15 is 0 Å². The number of hydrogen-bond acceptors (Lipinski definition) is 2. The van der Waals surface area contributed by atoms with Crippen molar-refractivity contribution in [3.05, 3.63) is 35.9 Å². The minimum Gasteiger partial charge on any atom is -0.481 e. The molecule has 0 aliphatic carbocycles. The van der Waals surface area contributed by atoms with Crippen LogP contribution in [0.4, 0.5) is 0 Å². The Morgan fingerprint density at radius 2 is 1.86 bits per heavy atom. The molecule has 1 aliphatic rings. The van der Waals surface area contributed by atoms with Gasteiger partial charge in [-0.05, 0) is 50.8 Å². The average Bonchev–Trinajstić information content (AvgIpc) is 2.53. The summed E-state index contributed by atoms with van der Waals surface area (Å²) in [6.45, 7) is 6.05. The number of likely N-dealkylation sites (tertiary alicyclic amines) is 1. The van der Waals surface area contributed by atoms with Crippen LogP contribution in [0.5, 0.6) is 0 Å². The molecule has 3 heteroatoms. The van der Waals surface area contributed by atoms with Gasteiger partial charge >= 0.3 is 5.97 Å². The number of rotatable bonds is 6. The molecular formula is C18H27NO2. The second kappa shape index (κ2) is 7.08. The van der Waals surface area contributed by atoms with E-state index in [9.17, 15) is 9.90 Å². The van der Waals surface area contributed by atoms with Crippen molar-refractivity contribution in [2.24, 2.45) is 5.41 Å².